The fraction of sp³-hybridized carbons (Fsp3) is 0.647. The molecule has 0 aliphatic heterocycles. The SMILES string of the molecule is CCNC(CCCS(=O)(=O)CC)C1Cc2ccccc2C1. The molecule has 1 N–H and O–H groups in total. The molecule has 21 heavy (non-hydrogen) atoms. The van der Waals surface area contributed by atoms with Crippen molar-refractivity contribution in [2.45, 2.75) is 45.6 Å². The monoisotopic (exact) mass is 309 g/mol. The second-order valence-electron chi connectivity index (χ2n) is 5.98. The van der Waals surface area contributed by atoms with E-state index in [1.54, 1.807) is 6.92 Å². The summed E-state index contributed by atoms with van der Waals surface area (Å²) in [5.74, 6) is 1.19. The minimum atomic E-state index is -2.84. The molecule has 1 aromatic rings. The Bertz CT molecular complexity index is 529. The van der Waals surface area contributed by atoms with Gasteiger partial charge in [-0.05, 0) is 49.3 Å². The molecule has 1 aromatic carbocycles. The predicted molar refractivity (Wildman–Crippen MR) is 88.4 cm³/mol. The minimum Gasteiger partial charge on any atom is -0.314 e. The van der Waals surface area contributed by atoms with Crippen molar-refractivity contribution in [3.63, 3.8) is 0 Å². The molecule has 0 fully saturated rings. The first-order chi connectivity index (χ1) is 10.1. The van der Waals surface area contributed by atoms with Gasteiger partial charge in [0.15, 0.2) is 0 Å². The number of benzene rings is 1. The summed E-state index contributed by atoms with van der Waals surface area (Å²) in [5.41, 5.74) is 2.93. The zero-order valence-electron chi connectivity index (χ0n) is 13.1. The van der Waals surface area contributed by atoms with Crippen LogP contribution >= 0.6 is 0 Å². The smallest absolute Gasteiger partial charge is 0.150 e. The highest BCUT2D eigenvalue weighted by Crippen LogP contribution is 2.30. The maximum atomic E-state index is 11.6. The average molecular weight is 309 g/mol. The van der Waals surface area contributed by atoms with Crippen molar-refractivity contribution >= 4 is 9.84 Å². The Balaban J connectivity index is 1.91. The quantitative estimate of drug-likeness (QED) is 0.803. The van der Waals surface area contributed by atoms with Crippen LogP contribution in [0, 0.1) is 5.92 Å². The van der Waals surface area contributed by atoms with Gasteiger partial charge in [-0.15, -0.1) is 0 Å². The molecule has 1 unspecified atom stereocenters. The van der Waals surface area contributed by atoms with Crippen molar-refractivity contribution < 1.29 is 8.42 Å². The van der Waals surface area contributed by atoms with Crippen LogP contribution in [0.15, 0.2) is 24.3 Å². The molecule has 1 atom stereocenters. The molecular weight excluding hydrogens is 282 g/mol. The molecule has 2 rings (SSSR count). The van der Waals surface area contributed by atoms with E-state index in [0.717, 1.165) is 32.2 Å². The second kappa shape index (κ2) is 7.41. The maximum absolute atomic E-state index is 11.6. The van der Waals surface area contributed by atoms with Gasteiger partial charge in [-0.2, -0.15) is 0 Å². The molecule has 0 bridgehead atoms. The molecule has 0 saturated carbocycles. The van der Waals surface area contributed by atoms with Gasteiger partial charge in [0, 0.05) is 11.8 Å². The summed E-state index contributed by atoms with van der Waals surface area (Å²) < 4.78 is 23.2. The molecule has 0 amide bonds. The van der Waals surface area contributed by atoms with Crippen molar-refractivity contribution in [3.8, 4) is 0 Å². The Morgan fingerprint density at radius 2 is 1.81 bits per heavy atom. The first kappa shape index (κ1) is 16.5. The summed E-state index contributed by atoms with van der Waals surface area (Å²) in [5, 5.41) is 3.57. The van der Waals surface area contributed by atoms with E-state index in [0.29, 0.717) is 17.7 Å². The fourth-order valence-electron chi connectivity index (χ4n) is 3.31. The topological polar surface area (TPSA) is 46.2 Å². The lowest BCUT2D eigenvalue weighted by Gasteiger charge is -2.24. The van der Waals surface area contributed by atoms with E-state index < -0.39 is 9.84 Å². The number of hydrogen-bond donors (Lipinski definition) is 1. The molecule has 1 aliphatic carbocycles. The highest BCUT2D eigenvalue weighted by Gasteiger charge is 2.27. The average Bonchev–Trinajstić information content (AvgIpc) is 2.90. The van der Waals surface area contributed by atoms with Gasteiger partial charge >= 0.3 is 0 Å². The number of sulfone groups is 1. The van der Waals surface area contributed by atoms with Crippen LogP contribution in [0.25, 0.3) is 0 Å². The van der Waals surface area contributed by atoms with E-state index in [9.17, 15) is 8.42 Å². The maximum Gasteiger partial charge on any atom is 0.150 e. The van der Waals surface area contributed by atoms with E-state index in [-0.39, 0.29) is 5.75 Å². The summed E-state index contributed by atoms with van der Waals surface area (Å²) in [6, 6.07) is 9.09. The first-order valence-corrected chi connectivity index (χ1v) is 9.88. The van der Waals surface area contributed by atoms with Gasteiger partial charge in [-0.3, -0.25) is 0 Å². The van der Waals surface area contributed by atoms with E-state index in [2.05, 4.69) is 36.5 Å². The molecule has 0 radical (unpaired) electrons. The summed E-state index contributed by atoms with van der Waals surface area (Å²) >= 11 is 0. The van der Waals surface area contributed by atoms with Crippen molar-refractivity contribution in [2.75, 3.05) is 18.1 Å². The third-order valence-corrected chi connectivity index (χ3v) is 6.32. The standard InChI is InChI=1S/C17H27NO2S/c1-3-18-17(10-7-11-21(19,20)4-2)16-12-14-8-5-6-9-15(14)13-16/h5-6,8-9,16-18H,3-4,7,10-13H2,1-2H3. The number of nitrogens with one attached hydrogen (secondary N) is 1. The molecule has 3 nitrogen and oxygen atoms in total. The van der Waals surface area contributed by atoms with Gasteiger partial charge in [0.25, 0.3) is 0 Å². The normalized spacial score (nSPS) is 16.9. The Labute approximate surface area is 129 Å². The van der Waals surface area contributed by atoms with Crippen LogP contribution in [0.3, 0.4) is 0 Å². The van der Waals surface area contributed by atoms with Gasteiger partial charge in [0.2, 0.25) is 0 Å². The Morgan fingerprint density at radius 1 is 1.19 bits per heavy atom. The lowest BCUT2D eigenvalue weighted by atomic mass is 9.93. The van der Waals surface area contributed by atoms with Gasteiger partial charge < -0.3 is 5.32 Å². The fourth-order valence-corrected chi connectivity index (χ4v) is 4.21. The zero-order chi connectivity index (χ0) is 15.3. The summed E-state index contributed by atoms with van der Waals surface area (Å²) in [4.78, 5) is 0. The minimum absolute atomic E-state index is 0.258. The molecule has 1 aliphatic rings. The molecule has 0 aromatic heterocycles. The third-order valence-electron chi connectivity index (χ3n) is 4.53. The molecule has 0 spiro atoms. The van der Waals surface area contributed by atoms with E-state index in [1.165, 1.54) is 11.1 Å². The van der Waals surface area contributed by atoms with E-state index in [1.807, 2.05) is 0 Å². The van der Waals surface area contributed by atoms with Crippen LogP contribution in [-0.4, -0.2) is 32.5 Å². The molecule has 0 saturated heterocycles. The predicted octanol–water partition coefficient (Wildman–Crippen LogP) is 2.59. The van der Waals surface area contributed by atoms with Crippen LogP contribution < -0.4 is 5.32 Å². The van der Waals surface area contributed by atoms with Crippen molar-refractivity contribution in [1.29, 1.82) is 0 Å². The van der Waals surface area contributed by atoms with Crippen molar-refractivity contribution in [2.24, 2.45) is 5.92 Å². The van der Waals surface area contributed by atoms with Crippen LogP contribution in [-0.2, 0) is 22.7 Å². The highest BCUT2D eigenvalue weighted by atomic mass is 32.2. The van der Waals surface area contributed by atoms with E-state index in [4.69, 9.17) is 0 Å². The zero-order valence-corrected chi connectivity index (χ0v) is 14.0. The van der Waals surface area contributed by atoms with Crippen LogP contribution in [0.1, 0.15) is 37.8 Å². The number of rotatable bonds is 8. The summed E-state index contributed by atoms with van der Waals surface area (Å²) in [6.45, 7) is 4.79. The van der Waals surface area contributed by atoms with Crippen LogP contribution in [0.5, 0.6) is 0 Å². The summed E-state index contributed by atoms with van der Waals surface area (Å²) in [7, 11) is -2.84. The van der Waals surface area contributed by atoms with Gasteiger partial charge in [0.05, 0.1) is 5.75 Å². The number of hydrogen-bond acceptors (Lipinski definition) is 3. The third kappa shape index (κ3) is 4.55. The number of fused-ring (bicyclic) bond motifs is 1. The summed E-state index contributed by atoms with van der Waals surface area (Å²) in [6.07, 6.45) is 3.95. The lowest BCUT2D eigenvalue weighted by molar-refractivity contribution is 0.348. The van der Waals surface area contributed by atoms with Crippen molar-refractivity contribution in [1.82, 2.24) is 5.32 Å². The van der Waals surface area contributed by atoms with Crippen molar-refractivity contribution in [3.05, 3.63) is 35.4 Å². The van der Waals surface area contributed by atoms with Gasteiger partial charge in [-0.1, -0.05) is 38.1 Å². The second-order valence-corrected chi connectivity index (χ2v) is 8.45. The molecule has 4 heteroatoms. The van der Waals surface area contributed by atoms with Gasteiger partial charge in [-0.25, -0.2) is 8.42 Å². The Kier molecular flexibility index (Phi) is 5.82. The van der Waals surface area contributed by atoms with Crippen LogP contribution in [0.4, 0.5) is 0 Å². The highest BCUT2D eigenvalue weighted by molar-refractivity contribution is 7.91. The van der Waals surface area contributed by atoms with Gasteiger partial charge in [0.1, 0.15) is 9.84 Å². The Hall–Kier alpha value is -0.870. The van der Waals surface area contributed by atoms with E-state index >= 15 is 0 Å². The molecule has 0 heterocycles. The molecule has 118 valence electrons. The largest absolute Gasteiger partial charge is 0.314 e. The Morgan fingerprint density at radius 3 is 2.33 bits per heavy atom. The molecular formula is C17H27NO2S. The first-order valence-electron chi connectivity index (χ1n) is 8.06. The lowest BCUT2D eigenvalue weighted by Crippen LogP contribution is -2.37. The van der Waals surface area contributed by atoms with Crippen LogP contribution in [0.2, 0.25) is 0 Å².